The zero-order valence-electron chi connectivity index (χ0n) is 32.3. The molecule has 292 valence electrons. The molecule has 3 rings (SSSR count). The smallest absolute Gasteiger partial charge is 0.334 e. The van der Waals surface area contributed by atoms with Gasteiger partial charge in [-0.3, -0.25) is 0 Å². The van der Waals surface area contributed by atoms with Crippen molar-refractivity contribution in [2.75, 3.05) is 27.8 Å². The summed E-state index contributed by atoms with van der Waals surface area (Å²) >= 11 is 0. The molecule has 50 heavy (non-hydrogen) atoms. The quantitative estimate of drug-likeness (QED) is 0.0429. The molecule has 8 atom stereocenters. The number of unbranched alkanes of at least 4 members (excludes halogenated alkanes) is 14. The van der Waals surface area contributed by atoms with Gasteiger partial charge in [0.05, 0.1) is 42.7 Å². The summed E-state index contributed by atoms with van der Waals surface area (Å²) in [6.45, 7) is 4.73. The lowest BCUT2D eigenvalue weighted by Crippen LogP contribution is -2.35. The third kappa shape index (κ3) is 17.2. The van der Waals surface area contributed by atoms with Gasteiger partial charge in [0.1, 0.15) is 19.7 Å². The first-order valence-electron chi connectivity index (χ1n) is 20.6. The SMILES string of the molecule is CCCCCCCCCC[C@@H](OCOC)[C@H]1CC[C@H]([C@H]2CC[C@H]([C@H](CCCCCCCCCC[C@@H](O)CC3=C[C@H](C)OC3=O)OCOC)O2)O1. The third-order valence-electron chi connectivity index (χ3n) is 10.8. The number of cyclic esters (lactones) is 1. The number of hydrogen-bond acceptors (Lipinski definition) is 9. The van der Waals surface area contributed by atoms with E-state index in [0.29, 0.717) is 25.6 Å². The van der Waals surface area contributed by atoms with Gasteiger partial charge < -0.3 is 38.3 Å². The van der Waals surface area contributed by atoms with Crippen molar-refractivity contribution in [2.24, 2.45) is 0 Å². The van der Waals surface area contributed by atoms with Crippen LogP contribution in [0, 0.1) is 0 Å². The summed E-state index contributed by atoms with van der Waals surface area (Å²) in [5.74, 6) is -0.275. The van der Waals surface area contributed by atoms with E-state index in [0.717, 1.165) is 64.2 Å². The van der Waals surface area contributed by atoms with Gasteiger partial charge in [-0.05, 0) is 57.9 Å². The summed E-state index contributed by atoms with van der Waals surface area (Å²) in [5.41, 5.74) is 0.623. The molecule has 0 radical (unpaired) electrons. The molecule has 9 heteroatoms. The number of aliphatic hydroxyl groups excluding tert-OH is 1. The van der Waals surface area contributed by atoms with Crippen molar-refractivity contribution >= 4 is 5.97 Å². The number of hydrogen-bond donors (Lipinski definition) is 1. The van der Waals surface area contributed by atoms with Crippen LogP contribution in [0.5, 0.6) is 0 Å². The van der Waals surface area contributed by atoms with Crippen molar-refractivity contribution in [3.8, 4) is 0 Å². The van der Waals surface area contributed by atoms with E-state index in [9.17, 15) is 9.90 Å². The van der Waals surface area contributed by atoms with Crippen LogP contribution in [0.3, 0.4) is 0 Å². The predicted octanol–water partition coefficient (Wildman–Crippen LogP) is 9.11. The highest BCUT2D eigenvalue weighted by molar-refractivity contribution is 5.90. The zero-order chi connectivity index (χ0) is 35.8. The summed E-state index contributed by atoms with van der Waals surface area (Å²) in [6.07, 6.45) is 28.8. The van der Waals surface area contributed by atoms with Crippen LogP contribution < -0.4 is 0 Å². The Morgan fingerprint density at radius 1 is 0.680 bits per heavy atom. The highest BCUT2D eigenvalue weighted by Gasteiger charge is 2.41. The number of rotatable bonds is 31. The lowest BCUT2D eigenvalue weighted by molar-refractivity contribution is -0.158. The van der Waals surface area contributed by atoms with Crippen LogP contribution in [0.15, 0.2) is 11.6 Å². The van der Waals surface area contributed by atoms with E-state index in [4.69, 9.17) is 33.2 Å². The number of esters is 1. The predicted molar refractivity (Wildman–Crippen MR) is 197 cm³/mol. The van der Waals surface area contributed by atoms with Crippen LogP contribution in [0.4, 0.5) is 0 Å². The molecule has 2 fully saturated rings. The molecule has 9 nitrogen and oxygen atoms in total. The standard InChI is InChI=1S/C41H74O9/c1-5-6-7-8-9-13-16-19-22-35(46-30-44-3)37-24-26-39(49-37)40-27-25-38(50-40)36(47-31-45-4)23-20-17-14-11-10-12-15-18-21-34(42)29-33-28-32(2)48-41(33)43/h28,32,34-40,42H,5-27,29-31H2,1-4H3/t32-,34+,35+,36-,37+,38+,39+,40+/m0/s1. The maximum Gasteiger partial charge on any atom is 0.334 e. The first-order valence-corrected chi connectivity index (χ1v) is 20.6. The molecule has 3 aliphatic rings. The Bertz CT molecular complexity index is 897. The molecule has 0 amide bonds. The van der Waals surface area contributed by atoms with E-state index in [2.05, 4.69) is 6.92 Å². The highest BCUT2D eigenvalue weighted by Crippen LogP contribution is 2.36. The van der Waals surface area contributed by atoms with Gasteiger partial charge >= 0.3 is 5.97 Å². The number of aliphatic hydroxyl groups is 1. The maximum atomic E-state index is 11.7. The zero-order valence-corrected chi connectivity index (χ0v) is 32.3. The van der Waals surface area contributed by atoms with E-state index in [1.165, 1.54) is 83.5 Å². The van der Waals surface area contributed by atoms with Gasteiger partial charge in [-0.15, -0.1) is 0 Å². The Labute approximate surface area is 304 Å². The molecule has 0 aromatic heterocycles. The Morgan fingerprint density at radius 2 is 1.12 bits per heavy atom. The fourth-order valence-electron chi connectivity index (χ4n) is 7.94. The number of ether oxygens (including phenoxy) is 7. The van der Waals surface area contributed by atoms with E-state index in [1.54, 1.807) is 14.2 Å². The molecular formula is C41H74O9. The summed E-state index contributed by atoms with van der Waals surface area (Å²) in [4.78, 5) is 11.7. The number of carbonyl (C=O) groups is 1. The summed E-state index contributed by atoms with van der Waals surface area (Å²) in [6, 6.07) is 0. The molecule has 1 N–H and O–H groups in total. The van der Waals surface area contributed by atoms with Crippen molar-refractivity contribution < 1.29 is 43.1 Å². The van der Waals surface area contributed by atoms with Crippen molar-refractivity contribution in [1.29, 1.82) is 0 Å². The maximum absolute atomic E-state index is 11.7. The molecule has 0 aliphatic carbocycles. The van der Waals surface area contributed by atoms with Crippen LogP contribution >= 0.6 is 0 Å². The second-order valence-electron chi connectivity index (χ2n) is 15.1. The average molecular weight is 711 g/mol. The Balaban J connectivity index is 1.27. The molecule has 3 heterocycles. The molecule has 0 spiro atoms. The fraction of sp³-hybridized carbons (Fsp3) is 0.927. The molecule has 0 unspecified atom stereocenters. The lowest BCUT2D eigenvalue weighted by Gasteiger charge is -2.27. The van der Waals surface area contributed by atoms with Gasteiger partial charge in [0.2, 0.25) is 0 Å². The summed E-state index contributed by atoms with van der Waals surface area (Å²) < 4.78 is 41.3. The minimum atomic E-state index is -0.462. The van der Waals surface area contributed by atoms with Gasteiger partial charge in [0.15, 0.2) is 0 Å². The topological polar surface area (TPSA) is 102 Å². The summed E-state index contributed by atoms with van der Waals surface area (Å²) in [5, 5.41) is 10.3. The Morgan fingerprint density at radius 3 is 1.54 bits per heavy atom. The van der Waals surface area contributed by atoms with Gasteiger partial charge in [0.25, 0.3) is 0 Å². The monoisotopic (exact) mass is 711 g/mol. The van der Waals surface area contributed by atoms with Crippen LogP contribution in [-0.4, -0.2) is 87.7 Å². The number of carbonyl (C=O) groups excluding carboxylic acids is 1. The highest BCUT2D eigenvalue weighted by atomic mass is 16.7. The van der Waals surface area contributed by atoms with Crippen LogP contribution in [0.2, 0.25) is 0 Å². The van der Waals surface area contributed by atoms with Crippen LogP contribution in [0.1, 0.15) is 168 Å². The second-order valence-corrected chi connectivity index (χ2v) is 15.1. The molecule has 0 bridgehead atoms. The minimum Gasteiger partial charge on any atom is -0.455 e. The Hall–Kier alpha value is -1.07. The van der Waals surface area contributed by atoms with Crippen LogP contribution in [0.25, 0.3) is 0 Å². The van der Waals surface area contributed by atoms with Gasteiger partial charge in [-0.25, -0.2) is 4.79 Å². The molecule has 0 aromatic rings. The van der Waals surface area contributed by atoms with E-state index in [1.807, 2.05) is 13.0 Å². The van der Waals surface area contributed by atoms with Gasteiger partial charge in [-0.2, -0.15) is 0 Å². The van der Waals surface area contributed by atoms with E-state index >= 15 is 0 Å². The van der Waals surface area contributed by atoms with Crippen LogP contribution in [-0.2, 0) is 38.0 Å². The van der Waals surface area contributed by atoms with E-state index < -0.39 is 6.10 Å². The fourth-order valence-corrected chi connectivity index (χ4v) is 7.94. The normalized spacial score (nSPS) is 25.6. The largest absolute Gasteiger partial charge is 0.455 e. The average Bonchev–Trinajstić information content (AvgIpc) is 3.86. The second kappa shape index (κ2) is 26.7. The van der Waals surface area contributed by atoms with Gasteiger partial charge in [-0.1, -0.05) is 110 Å². The lowest BCUT2D eigenvalue weighted by atomic mass is 10.00. The van der Waals surface area contributed by atoms with Gasteiger partial charge in [0, 0.05) is 26.2 Å². The molecule has 3 aliphatic heterocycles. The summed E-state index contributed by atoms with van der Waals surface area (Å²) in [7, 11) is 3.37. The first kappa shape index (κ1) is 43.3. The number of methoxy groups -OCH3 is 2. The molecule has 0 saturated carbocycles. The third-order valence-corrected chi connectivity index (χ3v) is 10.8. The van der Waals surface area contributed by atoms with Crippen molar-refractivity contribution in [2.45, 2.75) is 217 Å². The molecule has 0 aromatic carbocycles. The van der Waals surface area contributed by atoms with Crippen molar-refractivity contribution in [3.63, 3.8) is 0 Å². The Kier molecular flexibility index (Phi) is 23.1. The van der Waals surface area contributed by atoms with E-state index in [-0.39, 0.29) is 48.7 Å². The minimum absolute atomic E-state index is 0.0494. The van der Waals surface area contributed by atoms with Crippen molar-refractivity contribution in [3.05, 3.63) is 11.6 Å². The first-order chi connectivity index (χ1) is 24.4. The molecular weight excluding hydrogens is 636 g/mol. The molecule has 2 saturated heterocycles. The van der Waals surface area contributed by atoms with Crippen molar-refractivity contribution in [1.82, 2.24) is 0 Å².